The normalized spacial score (nSPS) is 12.6. The summed E-state index contributed by atoms with van der Waals surface area (Å²) in [7, 11) is 0. The number of hydrogen-bond acceptors (Lipinski definition) is 3. The zero-order chi connectivity index (χ0) is 11.4. The summed E-state index contributed by atoms with van der Waals surface area (Å²) in [6.45, 7) is 4.95. The van der Waals surface area contributed by atoms with E-state index in [2.05, 4.69) is 17.2 Å². The minimum atomic E-state index is 0.0416. The van der Waals surface area contributed by atoms with Crippen LogP contribution in [0.4, 0.5) is 0 Å². The Balaban J connectivity index is 2.33. The first kappa shape index (κ1) is 10.9. The van der Waals surface area contributed by atoms with Crippen LogP contribution in [0.1, 0.15) is 30.1 Å². The summed E-state index contributed by atoms with van der Waals surface area (Å²) in [4.78, 5) is 4.53. The Morgan fingerprint density at radius 3 is 2.81 bits per heavy atom. The summed E-state index contributed by atoms with van der Waals surface area (Å²) in [6, 6.07) is 9.94. The molecule has 1 atom stereocenters. The summed E-state index contributed by atoms with van der Waals surface area (Å²) in [5.74, 6) is 0.903. The smallest absolute Gasteiger partial charge is 0.126 e. The number of pyridine rings is 1. The van der Waals surface area contributed by atoms with E-state index in [1.165, 1.54) is 0 Å². The maximum absolute atomic E-state index is 5.44. The van der Waals surface area contributed by atoms with Crippen LogP contribution in [-0.2, 0) is 0 Å². The first-order chi connectivity index (χ1) is 7.81. The predicted molar refractivity (Wildman–Crippen MR) is 63.2 cm³/mol. The Labute approximate surface area is 95.5 Å². The first-order valence-electron chi connectivity index (χ1n) is 5.51. The average molecular weight is 216 g/mol. The van der Waals surface area contributed by atoms with Gasteiger partial charge in [0.15, 0.2) is 0 Å². The molecule has 0 aliphatic heterocycles. The monoisotopic (exact) mass is 216 g/mol. The first-order valence-corrected chi connectivity index (χ1v) is 5.51. The molecule has 0 saturated heterocycles. The number of furan rings is 1. The topological polar surface area (TPSA) is 38.1 Å². The Morgan fingerprint density at radius 1 is 1.31 bits per heavy atom. The molecule has 2 aromatic heterocycles. The van der Waals surface area contributed by atoms with E-state index < -0.39 is 0 Å². The molecule has 84 valence electrons. The molecule has 0 bridgehead atoms. The molecule has 2 heterocycles. The van der Waals surface area contributed by atoms with Crippen LogP contribution in [0, 0.1) is 6.92 Å². The second-order valence-electron chi connectivity index (χ2n) is 3.71. The average Bonchev–Trinajstić information content (AvgIpc) is 2.79. The van der Waals surface area contributed by atoms with Gasteiger partial charge in [0.2, 0.25) is 0 Å². The van der Waals surface area contributed by atoms with Gasteiger partial charge >= 0.3 is 0 Å². The van der Waals surface area contributed by atoms with Crippen molar-refractivity contribution in [1.82, 2.24) is 10.3 Å². The highest BCUT2D eigenvalue weighted by atomic mass is 16.3. The molecule has 0 radical (unpaired) electrons. The van der Waals surface area contributed by atoms with Crippen molar-refractivity contribution in [3.63, 3.8) is 0 Å². The molecule has 0 saturated carbocycles. The van der Waals surface area contributed by atoms with Gasteiger partial charge in [-0.05, 0) is 37.7 Å². The molecule has 1 unspecified atom stereocenters. The molecule has 3 heteroatoms. The SMILES string of the molecule is CCNC(c1cccc(C)n1)c1ccco1. The number of nitrogens with one attached hydrogen (secondary N) is 1. The van der Waals surface area contributed by atoms with Gasteiger partial charge in [-0.3, -0.25) is 4.98 Å². The van der Waals surface area contributed by atoms with Gasteiger partial charge in [0.05, 0.1) is 12.0 Å². The maximum atomic E-state index is 5.44. The van der Waals surface area contributed by atoms with Gasteiger partial charge in [-0.1, -0.05) is 13.0 Å². The molecule has 0 fully saturated rings. The van der Waals surface area contributed by atoms with E-state index in [1.807, 2.05) is 37.3 Å². The zero-order valence-corrected chi connectivity index (χ0v) is 9.60. The lowest BCUT2D eigenvalue weighted by atomic mass is 10.1. The molecule has 16 heavy (non-hydrogen) atoms. The van der Waals surface area contributed by atoms with Crippen molar-refractivity contribution in [1.29, 1.82) is 0 Å². The van der Waals surface area contributed by atoms with Crippen molar-refractivity contribution < 1.29 is 4.42 Å². The van der Waals surface area contributed by atoms with E-state index in [0.717, 1.165) is 23.7 Å². The van der Waals surface area contributed by atoms with Gasteiger partial charge in [-0.25, -0.2) is 0 Å². The predicted octanol–water partition coefficient (Wildman–Crippen LogP) is 2.68. The highest BCUT2D eigenvalue weighted by Crippen LogP contribution is 2.20. The minimum absolute atomic E-state index is 0.0416. The van der Waals surface area contributed by atoms with Gasteiger partial charge in [0.1, 0.15) is 11.8 Å². The molecule has 0 aliphatic carbocycles. The second kappa shape index (κ2) is 4.94. The summed E-state index contributed by atoms with van der Waals surface area (Å²) >= 11 is 0. The lowest BCUT2D eigenvalue weighted by Crippen LogP contribution is -2.22. The third-order valence-electron chi connectivity index (χ3n) is 2.44. The summed E-state index contributed by atoms with van der Waals surface area (Å²) in [5.41, 5.74) is 2.02. The number of nitrogens with zero attached hydrogens (tertiary/aromatic N) is 1. The number of aryl methyl sites for hydroxylation is 1. The van der Waals surface area contributed by atoms with E-state index in [1.54, 1.807) is 6.26 Å². The molecular formula is C13H16N2O. The van der Waals surface area contributed by atoms with Gasteiger partial charge in [0.25, 0.3) is 0 Å². The Bertz CT molecular complexity index is 437. The third kappa shape index (κ3) is 2.31. The fraction of sp³-hybridized carbons (Fsp3) is 0.308. The van der Waals surface area contributed by atoms with Crippen molar-refractivity contribution in [3.05, 3.63) is 53.7 Å². The van der Waals surface area contributed by atoms with Crippen LogP contribution in [0.3, 0.4) is 0 Å². The van der Waals surface area contributed by atoms with Crippen LogP contribution in [0.5, 0.6) is 0 Å². The van der Waals surface area contributed by atoms with E-state index >= 15 is 0 Å². The summed E-state index contributed by atoms with van der Waals surface area (Å²) in [5, 5.41) is 3.37. The Hall–Kier alpha value is -1.61. The fourth-order valence-electron chi connectivity index (χ4n) is 1.74. The second-order valence-corrected chi connectivity index (χ2v) is 3.71. The fourth-order valence-corrected chi connectivity index (χ4v) is 1.74. The molecule has 1 N–H and O–H groups in total. The van der Waals surface area contributed by atoms with E-state index in [4.69, 9.17) is 4.42 Å². The summed E-state index contributed by atoms with van der Waals surface area (Å²) in [6.07, 6.45) is 1.69. The van der Waals surface area contributed by atoms with Crippen LogP contribution in [0.25, 0.3) is 0 Å². The molecule has 0 amide bonds. The Kier molecular flexibility index (Phi) is 3.37. The third-order valence-corrected chi connectivity index (χ3v) is 2.44. The van der Waals surface area contributed by atoms with Crippen LogP contribution >= 0.6 is 0 Å². The van der Waals surface area contributed by atoms with Crippen molar-refractivity contribution >= 4 is 0 Å². The summed E-state index contributed by atoms with van der Waals surface area (Å²) < 4.78 is 5.44. The van der Waals surface area contributed by atoms with Crippen LogP contribution < -0.4 is 5.32 Å². The number of hydrogen-bond donors (Lipinski definition) is 1. The molecule has 2 aromatic rings. The quantitative estimate of drug-likeness (QED) is 0.853. The Morgan fingerprint density at radius 2 is 2.19 bits per heavy atom. The highest BCUT2D eigenvalue weighted by molar-refractivity contribution is 5.21. The standard InChI is InChI=1S/C13H16N2O/c1-3-14-13(12-8-5-9-16-12)11-7-4-6-10(2)15-11/h4-9,13-14H,3H2,1-2H3. The van der Waals surface area contributed by atoms with Crippen molar-refractivity contribution in [2.75, 3.05) is 6.54 Å². The van der Waals surface area contributed by atoms with Gasteiger partial charge in [0, 0.05) is 5.69 Å². The van der Waals surface area contributed by atoms with Crippen LogP contribution in [-0.4, -0.2) is 11.5 Å². The lowest BCUT2D eigenvalue weighted by Gasteiger charge is -2.15. The largest absolute Gasteiger partial charge is 0.467 e. The molecular weight excluding hydrogens is 200 g/mol. The molecule has 3 nitrogen and oxygen atoms in total. The van der Waals surface area contributed by atoms with Crippen molar-refractivity contribution in [2.45, 2.75) is 19.9 Å². The van der Waals surface area contributed by atoms with Crippen molar-refractivity contribution in [2.24, 2.45) is 0 Å². The van der Waals surface area contributed by atoms with E-state index in [-0.39, 0.29) is 6.04 Å². The van der Waals surface area contributed by atoms with Crippen LogP contribution in [0.2, 0.25) is 0 Å². The van der Waals surface area contributed by atoms with E-state index in [9.17, 15) is 0 Å². The zero-order valence-electron chi connectivity index (χ0n) is 9.60. The highest BCUT2D eigenvalue weighted by Gasteiger charge is 2.16. The van der Waals surface area contributed by atoms with Crippen molar-refractivity contribution in [3.8, 4) is 0 Å². The lowest BCUT2D eigenvalue weighted by molar-refractivity contribution is 0.447. The molecule has 2 rings (SSSR count). The number of rotatable bonds is 4. The molecule has 0 aliphatic rings. The van der Waals surface area contributed by atoms with Gasteiger partial charge < -0.3 is 9.73 Å². The van der Waals surface area contributed by atoms with Gasteiger partial charge in [-0.2, -0.15) is 0 Å². The van der Waals surface area contributed by atoms with Crippen LogP contribution in [0.15, 0.2) is 41.0 Å². The van der Waals surface area contributed by atoms with Gasteiger partial charge in [-0.15, -0.1) is 0 Å². The molecule has 0 spiro atoms. The van der Waals surface area contributed by atoms with E-state index in [0.29, 0.717) is 0 Å². The molecule has 0 aromatic carbocycles. The minimum Gasteiger partial charge on any atom is -0.467 e. The maximum Gasteiger partial charge on any atom is 0.126 e. The number of aromatic nitrogens is 1.